The van der Waals surface area contributed by atoms with Crippen molar-refractivity contribution >= 4 is 23.2 Å². The lowest BCUT2D eigenvalue weighted by Gasteiger charge is -2.23. The molecule has 2 rings (SSSR count). The van der Waals surface area contributed by atoms with E-state index in [1.807, 2.05) is 19.9 Å². The van der Waals surface area contributed by atoms with Gasteiger partial charge in [0.15, 0.2) is 0 Å². The molecule has 0 spiro atoms. The Hall–Kier alpha value is -1.02. The van der Waals surface area contributed by atoms with Gasteiger partial charge in [0.1, 0.15) is 0 Å². The summed E-state index contributed by atoms with van der Waals surface area (Å²) in [5.41, 5.74) is 2.68. The number of alkyl halides is 1. The van der Waals surface area contributed by atoms with Gasteiger partial charge in [0, 0.05) is 5.69 Å². The summed E-state index contributed by atoms with van der Waals surface area (Å²) in [6.07, 6.45) is 4.68. The van der Waals surface area contributed by atoms with Crippen molar-refractivity contribution in [3.8, 4) is 0 Å². The van der Waals surface area contributed by atoms with Gasteiger partial charge in [-0.3, -0.25) is 4.79 Å². The van der Waals surface area contributed by atoms with Crippen LogP contribution in [0.3, 0.4) is 0 Å². The van der Waals surface area contributed by atoms with Crippen molar-refractivity contribution in [2.45, 2.75) is 64.2 Å². The normalized spacial score (nSPS) is 19.0. The number of anilines is 1. The Labute approximate surface area is 133 Å². The Bertz CT molecular complexity index is 524. The molecule has 3 heteroatoms. The molecule has 0 aliphatic carbocycles. The first-order valence-electron chi connectivity index (χ1n) is 8.01. The van der Waals surface area contributed by atoms with Crippen LogP contribution in [-0.4, -0.2) is 5.91 Å². The number of carbonyl (C=O) groups excluding carboxylic acids is 1. The Kier molecular flexibility index (Phi) is 4.98. The van der Waals surface area contributed by atoms with E-state index in [4.69, 9.17) is 11.6 Å². The van der Waals surface area contributed by atoms with Crippen LogP contribution in [0.25, 0.3) is 0 Å². The van der Waals surface area contributed by atoms with Crippen molar-refractivity contribution in [2.75, 3.05) is 5.32 Å². The summed E-state index contributed by atoms with van der Waals surface area (Å²) in [6, 6.07) is 6.19. The molecule has 2 nitrogen and oxygen atoms in total. The summed E-state index contributed by atoms with van der Waals surface area (Å²) in [5, 5.41) is 2.98. The van der Waals surface area contributed by atoms with Crippen LogP contribution in [0.4, 0.5) is 5.69 Å². The number of halogens is 1. The predicted molar refractivity (Wildman–Crippen MR) is 90.0 cm³/mol. The van der Waals surface area contributed by atoms with E-state index < -0.39 is 5.41 Å². The minimum atomic E-state index is -0.465. The van der Waals surface area contributed by atoms with E-state index in [-0.39, 0.29) is 11.3 Å². The minimum absolute atomic E-state index is 0.0263. The molecule has 2 atom stereocenters. The average molecular weight is 308 g/mol. The van der Waals surface area contributed by atoms with Crippen molar-refractivity contribution in [1.29, 1.82) is 0 Å². The zero-order valence-corrected chi connectivity index (χ0v) is 14.3. The minimum Gasteiger partial charge on any atom is -0.325 e. The Balaban J connectivity index is 2.26. The highest BCUT2D eigenvalue weighted by Crippen LogP contribution is 2.41. The number of unbranched alkanes of at least 4 members (excludes halogenated alkanes) is 1. The van der Waals surface area contributed by atoms with Gasteiger partial charge in [0.25, 0.3) is 0 Å². The summed E-state index contributed by atoms with van der Waals surface area (Å²) in [4.78, 5) is 12.0. The summed E-state index contributed by atoms with van der Waals surface area (Å²) in [6.45, 7) is 8.36. The van der Waals surface area contributed by atoms with Crippen LogP contribution in [0.2, 0.25) is 0 Å². The molecule has 2 unspecified atom stereocenters. The van der Waals surface area contributed by atoms with Crippen molar-refractivity contribution in [3.63, 3.8) is 0 Å². The van der Waals surface area contributed by atoms with E-state index >= 15 is 0 Å². The highest BCUT2D eigenvalue weighted by atomic mass is 35.5. The van der Waals surface area contributed by atoms with Crippen molar-refractivity contribution < 1.29 is 4.79 Å². The first-order chi connectivity index (χ1) is 9.91. The Morgan fingerprint density at radius 2 is 2.00 bits per heavy atom. The molecule has 0 saturated carbocycles. The molecule has 0 saturated heterocycles. The second-order valence-corrected chi connectivity index (χ2v) is 7.07. The number of benzene rings is 1. The summed E-state index contributed by atoms with van der Waals surface area (Å²) in [7, 11) is 0. The summed E-state index contributed by atoms with van der Waals surface area (Å²) in [5.74, 6) is 0.566. The van der Waals surface area contributed by atoms with Gasteiger partial charge in [0.05, 0.1) is 10.8 Å². The van der Waals surface area contributed by atoms with E-state index in [2.05, 4.69) is 31.3 Å². The van der Waals surface area contributed by atoms with Crippen LogP contribution in [-0.2, 0) is 10.2 Å². The number of nitrogens with one attached hydrogen (secondary N) is 1. The Morgan fingerprint density at radius 3 is 2.62 bits per heavy atom. The van der Waals surface area contributed by atoms with Crippen LogP contribution < -0.4 is 5.32 Å². The van der Waals surface area contributed by atoms with Gasteiger partial charge < -0.3 is 5.32 Å². The smallest absolute Gasteiger partial charge is 0.234 e. The first kappa shape index (κ1) is 16.4. The number of hydrogen-bond acceptors (Lipinski definition) is 1. The molecule has 116 valence electrons. The fourth-order valence-corrected chi connectivity index (χ4v) is 3.50. The number of carbonyl (C=O) groups is 1. The zero-order valence-electron chi connectivity index (χ0n) is 13.5. The molecule has 1 heterocycles. The zero-order chi connectivity index (χ0) is 15.6. The lowest BCUT2D eigenvalue weighted by molar-refractivity contribution is -0.119. The number of rotatable bonds is 6. The fraction of sp³-hybridized carbons (Fsp3) is 0.611. The lowest BCUT2D eigenvalue weighted by atomic mass is 9.83. The maximum atomic E-state index is 12.0. The topological polar surface area (TPSA) is 29.1 Å². The lowest BCUT2D eigenvalue weighted by Crippen LogP contribution is -2.27. The molecule has 1 N–H and O–H groups in total. The average Bonchev–Trinajstić information content (AvgIpc) is 2.69. The molecule has 1 aliphatic rings. The van der Waals surface area contributed by atoms with Gasteiger partial charge in [-0.25, -0.2) is 0 Å². The molecule has 1 amide bonds. The molecular formula is C18H26ClNO. The predicted octanol–water partition coefficient (Wildman–Crippen LogP) is 5.41. The first-order valence-corrected chi connectivity index (χ1v) is 8.45. The largest absolute Gasteiger partial charge is 0.325 e. The summed E-state index contributed by atoms with van der Waals surface area (Å²) < 4.78 is 0. The van der Waals surface area contributed by atoms with E-state index in [0.717, 1.165) is 23.2 Å². The summed E-state index contributed by atoms with van der Waals surface area (Å²) >= 11 is 6.73. The highest BCUT2D eigenvalue weighted by Gasteiger charge is 2.38. The molecule has 21 heavy (non-hydrogen) atoms. The van der Waals surface area contributed by atoms with E-state index in [9.17, 15) is 4.79 Å². The second kappa shape index (κ2) is 6.39. The van der Waals surface area contributed by atoms with Crippen LogP contribution in [0.1, 0.15) is 69.9 Å². The highest BCUT2D eigenvalue weighted by molar-refractivity contribution is 6.21. The third-order valence-corrected chi connectivity index (χ3v) is 5.33. The molecule has 1 aromatic carbocycles. The Morgan fingerprint density at radius 1 is 1.29 bits per heavy atom. The SMILES string of the molecule is CCCCC(CC)C(Cl)c1ccc2c(c1)C(C)(C)C(=O)N2. The van der Waals surface area contributed by atoms with E-state index in [0.29, 0.717) is 5.92 Å². The maximum Gasteiger partial charge on any atom is 0.234 e. The van der Waals surface area contributed by atoms with Crippen molar-refractivity contribution in [3.05, 3.63) is 29.3 Å². The van der Waals surface area contributed by atoms with E-state index in [1.165, 1.54) is 19.3 Å². The third-order valence-electron chi connectivity index (χ3n) is 4.72. The quantitative estimate of drug-likeness (QED) is 0.699. The second-order valence-electron chi connectivity index (χ2n) is 6.60. The van der Waals surface area contributed by atoms with Crippen LogP contribution in [0, 0.1) is 5.92 Å². The van der Waals surface area contributed by atoms with Crippen LogP contribution >= 0.6 is 11.6 Å². The van der Waals surface area contributed by atoms with Gasteiger partial charge >= 0.3 is 0 Å². The molecule has 0 radical (unpaired) electrons. The standard InChI is InChI=1S/C18H26ClNO/c1-5-7-8-12(6-2)16(19)13-9-10-15-14(11-13)18(3,4)17(21)20-15/h9-12,16H,5-8H2,1-4H3,(H,20,21). The molecule has 0 fully saturated rings. The maximum absolute atomic E-state index is 12.0. The van der Waals surface area contributed by atoms with Crippen LogP contribution in [0.15, 0.2) is 18.2 Å². The number of hydrogen-bond donors (Lipinski definition) is 1. The number of amides is 1. The molecule has 0 bridgehead atoms. The molecular weight excluding hydrogens is 282 g/mol. The van der Waals surface area contributed by atoms with Gasteiger partial charge in [-0.05, 0) is 43.4 Å². The fourth-order valence-electron chi connectivity index (χ4n) is 3.06. The van der Waals surface area contributed by atoms with Crippen molar-refractivity contribution in [1.82, 2.24) is 0 Å². The molecule has 0 aromatic heterocycles. The van der Waals surface area contributed by atoms with Gasteiger partial charge in [-0.15, -0.1) is 11.6 Å². The van der Waals surface area contributed by atoms with Crippen molar-refractivity contribution in [2.24, 2.45) is 5.92 Å². The van der Waals surface area contributed by atoms with Gasteiger partial charge in [0.2, 0.25) is 5.91 Å². The van der Waals surface area contributed by atoms with E-state index in [1.54, 1.807) is 0 Å². The van der Waals surface area contributed by atoms with Gasteiger partial charge in [-0.2, -0.15) is 0 Å². The monoisotopic (exact) mass is 307 g/mol. The molecule has 1 aromatic rings. The third kappa shape index (κ3) is 3.11. The molecule has 1 aliphatic heterocycles. The van der Waals surface area contributed by atoms with Crippen LogP contribution in [0.5, 0.6) is 0 Å². The van der Waals surface area contributed by atoms with Gasteiger partial charge in [-0.1, -0.05) is 45.2 Å². The number of fused-ring (bicyclic) bond motifs is 1.